The summed E-state index contributed by atoms with van der Waals surface area (Å²) in [6.07, 6.45) is 2.36. The Bertz CT molecular complexity index is 1380. The number of fused-ring (bicyclic) bond motifs is 1. The molecule has 0 radical (unpaired) electrons. The second kappa shape index (κ2) is 11.0. The van der Waals surface area contributed by atoms with Crippen molar-refractivity contribution >= 4 is 23.4 Å². The van der Waals surface area contributed by atoms with Crippen molar-refractivity contribution in [3.8, 4) is 6.07 Å². The number of aliphatic hydroxyl groups is 1. The van der Waals surface area contributed by atoms with Gasteiger partial charge in [-0.2, -0.15) is 5.26 Å². The largest absolute Gasteiger partial charge is 0.391 e. The zero-order chi connectivity index (χ0) is 26.8. The number of hydrogen-bond donors (Lipinski definition) is 2. The van der Waals surface area contributed by atoms with E-state index in [1.54, 1.807) is 59.0 Å². The van der Waals surface area contributed by atoms with E-state index in [9.17, 15) is 20.0 Å². The summed E-state index contributed by atoms with van der Waals surface area (Å²) in [6.45, 7) is 0.0634. The van der Waals surface area contributed by atoms with E-state index >= 15 is 0 Å². The molecule has 0 spiro atoms. The minimum absolute atomic E-state index is 0.0634. The van der Waals surface area contributed by atoms with Gasteiger partial charge >= 0.3 is 0 Å². The number of halogens is 1. The lowest BCUT2D eigenvalue weighted by Gasteiger charge is -2.48. The number of rotatable bonds is 6. The fourth-order valence-corrected chi connectivity index (χ4v) is 5.81. The van der Waals surface area contributed by atoms with Crippen LogP contribution in [0.25, 0.3) is 0 Å². The standard InChI is InChI=1S/C29H29ClN4O4/c1-33-20(16-31)14-15-21(33)17-38-32-28(36)26-22-6-2-3-7-23(22)29(37)34(24-8-4-5-9-25(24)35)27(26)18-10-12-19(30)13-11-18/h2-3,6-7,10-15,24-27,35H,4-5,8-9,17H2,1H3,(H,32,36)/t24-,25-,26+,27-/m0/s1. The first-order chi connectivity index (χ1) is 18.4. The van der Waals surface area contributed by atoms with E-state index in [1.807, 2.05) is 18.2 Å². The molecule has 8 nitrogen and oxygen atoms in total. The third-order valence-electron chi connectivity index (χ3n) is 7.65. The minimum Gasteiger partial charge on any atom is -0.391 e. The molecule has 1 aliphatic heterocycles. The molecule has 1 fully saturated rings. The summed E-state index contributed by atoms with van der Waals surface area (Å²) < 4.78 is 1.70. The summed E-state index contributed by atoms with van der Waals surface area (Å²) in [4.78, 5) is 35.1. The van der Waals surface area contributed by atoms with Crippen molar-refractivity contribution in [1.82, 2.24) is 14.9 Å². The molecule has 9 heteroatoms. The van der Waals surface area contributed by atoms with Crippen molar-refractivity contribution in [2.45, 2.75) is 56.4 Å². The molecule has 2 aliphatic rings. The molecule has 196 valence electrons. The van der Waals surface area contributed by atoms with Gasteiger partial charge in [-0.05, 0) is 54.3 Å². The molecule has 38 heavy (non-hydrogen) atoms. The van der Waals surface area contributed by atoms with Gasteiger partial charge in [0, 0.05) is 23.3 Å². The van der Waals surface area contributed by atoms with Crippen LogP contribution >= 0.6 is 11.6 Å². The Kier molecular flexibility index (Phi) is 7.52. The van der Waals surface area contributed by atoms with Crippen molar-refractivity contribution in [2.24, 2.45) is 7.05 Å². The third kappa shape index (κ3) is 4.81. The average Bonchev–Trinajstić information content (AvgIpc) is 3.28. The van der Waals surface area contributed by atoms with Crippen LogP contribution in [0.4, 0.5) is 0 Å². The Morgan fingerprint density at radius 2 is 1.87 bits per heavy atom. The summed E-state index contributed by atoms with van der Waals surface area (Å²) in [5.41, 5.74) is 5.60. The molecule has 1 aromatic heterocycles. The Morgan fingerprint density at radius 1 is 1.13 bits per heavy atom. The number of benzene rings is 2. The van der Waals surface area contributed by atoms with E-state index in [4.69, 9.17) is 16.4 Å². The summed E-state index contributed by atoms with van der Waals surface area (Å²) in [5, 5.41) is 20.7. The number of nitrogens with one attached hydrogen (secondary N) is 1. The van der Waals surface area contributed by atoms with E-state index in [0.29, 0.717) is 34.7 Å². The van der Waals surface area contributed by atoms with Gasteiger partial charge in [0.15, 0.2) is 0 Å². The van der Waals surface area contributed by atoms with Gasteiger partial charge < -0.3 is 14.6 Å². The Morgan fingerprint density at radius 3 is 2.58 bits per heavy atom. The van der Waals surface area contributed by atoms with Gasteiger partial charge in [-0.1, -0.05) is 54.8 Å². The average molecular weight is 533 g/mol. The normalized spacial score (nSPS) is 23.0. The van der Waals surface area contributed by atoms with Crippen LogP contribution in [-0.2, 0) is 23.3 Å². The maximum atomic E-state index is 13.9. The van der Waals surface area contributed by atoms with Crippen molar-refractivity contribution in [3.05, 3.63) is 93.8 Å². The zero-order valence-electron chi connectivity index (χ0n) is 21.0. The molecule has 3 aromatic rings. The van der Waals surface area contributed by atoms with E-state index in [1.165, 1.54) is 0 Å². The number of aliphatic hydroxyl groups excluding tert-OH is 1. The second-order valence-corrected chi connectivity index (χ2v) is 10.3. The first-order valence-corrected chi connectivity index (χ1v) is 13.1. The molecule has 2 N–H and O–H groups in total. The van der Waals surface area contributed by atoms with Crippen LogP contribution in [0.5, 0.6) is 0 Å². The maximum Gasteiger partial charge on any atom is 0.255 e. The van der Waals surface area contributed by atoms with Gasteiger partial charge in [0.25, 0.3) is 11.8 Å². The Labute approximate surface area is 226 Å². The molecule has 1 saturated carbocycles. The zero-order valence-corrected chi connectivity index (χ0v) is 21.8. The summed E-state index contributed by atoms with van der Waals surface area (Å²) in [5.74, 6) is -1.40. The smallest absolute Gasteiger partial charge is 0.255 e. The van der Waals surface area contributed by atoms with Gasteiger partial charge in [-0.25, -0.2) is 5.48 Å². The summed E-state index contributed by atoms with van der Waals surface area (Å²) in [6, 6.07) is 18.7. The molecular weight excluding hydrogens is 504 g/mol. The number of nitrogens with zero attached hydrogens (tertiary/aromatic N) is 3. The van der Waals surface area contributed by atoms with Gasteiger partial charge in [0.2, 0.25) is 0 Å². The van der Waals surface area contributed by atoms with Gasteiger partial charge in [-0.3, -0.25) is 14.4 Å². The highest BCUT2D eigenvalue weighted by Crippen LogP contribution is 2.46. The van der Waals surface area contributed by atoms with Gasteiger partial charge in [-0.15, -0.1) is 0 Å². The number of amides is 2. The lowest BCUT2D eigenvalue weighted by Crippen LogP contribution is -2.55. The van der Waals surface area contributed by atoms with E-state index in [2.05, 4.69) is 11.5 Å². The number of aromatic nitrogens is 1. The Balaban J connectivity index is 1.52. The number of carbonyl (C=O) groups is 2. The molecule has 4 atom stereocenters. The molecule has 1 aliphatic carbocycles. The summed E-state index contributed by atoms with van der Waals surface area (Å²) >= 11 is 6.18. The predicted molar refractivity (Wildman–Crippen MR) is 141 cm³/mol. The van der Waals surface area contributed by atoms with Crippen LogP contribution in [0.15, 0.2) is 60.7 Å². The first kappa shape index (κ1) is 26.0. The highest BCUT2D eigenvalue weighted by atomic mass is 35.5. The molecule has 5 rings (SSSR count). The molecular formula is C29H29ClN4O4. The minimum atomic E-state index is -0.790. The predicted octanol–water partition coefficient (Wildman–Crippen LogP) is 4.38. The second-order valence-electron chi connectivity index (χ2n) is 9.83. The van der Waals surface area contributed by atoms with Crippen LogP contribution in [0.3, 0.4) is 0 Å². The highest BCUT2D eigenvalue weighted by molar-refractivity contribution is 6.30. The molecule has 2 heterocycles. The number of hydroxylamine groups is 1. The van der Waals surface area contributed by atoms with Crippen molar-refractivity contribution in [1.29, 1.82) is 5.26 Å². The van der Waals surface area contributed by atoms with Crippen LogP contribution in [-0.4, -0.2) is 38.5 Å². The van der Waals surface area contributed by atoms with Crippen molar-refractivity contribution in [2.75, 3.05) is 0 Å². The summed E-state index contributed by atoms with van der Waals surface area (Å²) in [7, 11) is 1.76. The van der Waals surface area contributed by atoms with Crippen molar-refractivity contribution in [3.63, 3.8) is 0 Å². The molecule has 2 aromatic carbocycles. The maximum absolute atomic E-state index is 13.9. The molecule has 0 unspecified atom stereocenters. The number of hydrogen-bond acceptors (Lipinski definition) is 5. The molecule has 2 amide bonds. The molecule has 0 saturated heterocycles. The van der Waals surface area contributed by atoms with E-state index in [0.717, 1.165) is 24.1 Å². The van der Waals surface area contributed by atoms with Gasteiger partial charge in [0.05, 0.1) is 24.1 Å². The first-order valence-electron chi connectivity index (χ1n) is 12.7. The van der Waals surface area contributed by atoms with E-state index in [-0.39, 0.29) is 12.5 Å². The molecule has 0 bridgehead atoms. The lowest BCUT2D eigenvalue weighted by atomic mass is 9.77. The topological polar surface area (TPSA) is 108 Å². The highest BCUT2D eigenvalue weighted by Gasteiger charge is 2.48. The van der Waals surface area contributed by atoms with Crippen molar-refractivity contribution < 1.29 is 19.5 Å². The van der Waals surface area contributed by atoms with Gasteiger partial charge in [0.1, 0.15) is 18.4 Å². The number of carbonyl (C=O) groups excluding carboxylic acids is 2. The monoisotopic (exact) mass is 532 g/mol. The quantitative estimate of drug-likeness (QED) is 0.458. The fraction of sp³-hybridized carbons (Fsp3) is 0.345. The number of nitriles is 1. The van der Waals surface area contributed by atoms with Crippen LogP contribution < -0.4 is 5.48 Å². The Hall–Kier alpha value is -3.64. The van der Waals surface area contributed by atoms with Crippen LogP contribution in [0.1, 0.15) is 70.5 Å². The lowest BCUT2D eigenvalue weighted by molar-refractivity contribution is -0.138. The fourth-order valence-electron chi connectivity index (χ4n) is 5.69. The van der Waals surface area contributed by atoms with Crippen LogP contribution in [0.2, 0.25) is 5.02 Å². The van der Waals surface area contributed by atoms with E-state index < -0.39 is 30.0 Å². The SMILES string of the molecule is Cn1c(C#N)ccc1CONC(=O)[C@@H]1c2ccccc2C(=O)N([C@H]2CCCC[C@@H]2O)[C@H]1c1ccc(Cl)cc1. The third-order valence-corrected chi connectivity index (χ3v) is 7.91. The van der Waals surface area contributed by atoms with Crippen LogP contribution in [0, 0.1) is 11.3 Å².